The van der Waals surface area contributed by atoms with Crippen molar-refractivity contribution in [2.24, 2.45) is 0 Å². The molecule has 5 N–H and O–H groups in total. The van der Waals surface area contributed by atoms with Crippen LogP contribution in [0.25, 0.3) is 0 Å². The molecule has 2 rings (SSSR count). The molecule has 19 heteroatoms. The number of carboxylic acid groups (broad SMARTS) is 1. The molecule has 2 heterocycles. The minimum Gasteiger partial charge on any atom is -0.735 e. The third-order valence-electron chi connectivity index (χ3n) is 4.04. The Morgan fingerprint density at radius 2 is 1.77 bits per heavy atom. The van der Waals surface area contributed by atoms with Crippen LogP contribution in [0.5, 0.6) is 0 Å². The molecule has 31 heavy (non-hydrogen) atoms. The first-order valence-electron chi connectivity index (χ1n) is 8.06. The van der Waals surface area contributed by atoms with Crippen LogP contribution in [0.1, 0.15) is 0 Å². The molecule has 180 valence electrons. The van der Waals surface area contributed by atoms with E-state index in [1.165, 1.54) is 4.72 Å². The molecule has 0 aromatic rings. The maximum absolute atomic E-state index is 11.0. The van der Waals surface area contributed by atoms with Crippen LogP contribution in [-0.4, -0.2) is 108 Å². The Balaban J connectivity index is 2.36. The van der Waals surface area contributed by atoms with E-state index in [9.17, 15) is 56.3 Å². The van der Waals surface area contributed by atoms with Crippen LogP contribution in [0.2, 0.25) is 0 Å². The van der Waals surface area contributed by atoms with Gasteiger partial charge in [-0.15, -0.1) is 0 Å². The zero-order valence-electron chi connectivity index (χ0n) is 14.9. The summed E-state index contributed by atoms with van der Waals surface area (Å²) in [6.45, 7) is -1.01. The van der Waals surface area contributed by atoms with Crippen LogP contribution < -0.4 is 9.83 Å². The molecule has 17 nitrogen and oxygen atoms in total. The average Bonchev–Trinajstić information content (AvgIpc) is 2.61. The van der Waals surface area contributed by atoms with Crippen molar-refractivity contribution in [2.75, 3.05) is 6.61 Å². The highest BCUT2D eigenvalue weighted by Crippen LogP contribution is 2.29. The Morgan fingerprint density at radius 3 is 2.26 bits per heavy atom. The van der Waals surface area contributed by atoms with E-state index in [0.29, 0.717) is 6.08 Å². The van der Waals surface area contributed by atoms with Gasteiger partial charge in [-0.1, -0.05) is 0 Å². The predicted octanol–water partition coefficient (Wildman–Crippen LogP) is -6.94. The van der Waals surface area contributed by atoms with E-state index in [1.807, 2.05) is 0 Å². The number of carboxylic acids is 1. The van der Waals surface area contributed by atoms with Crippen molar-refractivity contribution in [2.45, 2.75) is 49.1 Å². The Morgan fingerprint density at radius 1 is 1.16 bits per heavy atom. The molecule has 0 spiro atoms. The molecule has 0 aromatic heterocycles. The fourth-order valence-corrected chi connectivity index (χ4v) is 3.87. The number of aliphatic hydroxyl groups excluding tert-OH is 4. The van der Waals surface area contributed by atoms with E-state index >= 15 is 0 Å². The summed E-state index contributed by atoms with van der Waals surface area (Å²) in [7, 11) is -10.8. The lowest BCUT2D eigenvalue weighted by molar-refractivity contribution is -0.320. The highest BCUT2D eigenvalue weighted by molar-refractivity contribution is 7.83. The zero-order chi connectivity index (χ0) is 23.7. The minimum absolute atomic E-state index is 0.417. The lowest BCUT2D eigenvalue weighted by atomic mass is 9.97. The van der Waals surface area contributed by atoms with Crippen molar-refractivity contribution in [1.29, 1.82) is 0 Å². The predicted molar refractivity (Wildman–Crippen MR) is 84.0 cm³/mol. The highest BCUT2D eigenvalue weighted by Gasteiger charge is 2.49. The van der Waals surface area contributed by atoms with Gasteiger partial charge in [-0.05, 0) is 6.08 Å². The second-order valence-electron chi connectivity index (χ2n) is 6.20. The fraction of sp³-hybridized carbons (Fsp3) is 0.750. The molecule has 2 aliphatic heterocycles. The lowest BCUT2D eigenvalue weighted by Crippen LogP contribution is -2.66. The van der Waals surface area contributed by atoms with Gasteiger partial charge < -0.3 is 53.6 Å². The summed E-state index contributed by atoms with van der Waals surface area (Å²) < 4.78 is 85.6. The Kier molecular flexibility index (Phi) is 7.95. The van der Waals surface area contributed by atoms with Crippen molar-refractivity contribution in [3.05, 3.63) is 11.8 Å². The average molecular weight is 494 g/mol. The second-order valence-corrected chi connectivity index (χ2v) is 8.35. The molecule has 0 amide bonds. The third kappa shape index (κ3) is 6.74. The largest absolute Gasteiger partial charge is 0.735 e. The topological polar surface area (TPSA) is 284 Å². The maximum Gasteiger partial charge on any atom is 0.231 e. The smallest absolute Gasteiger partial charge is 0.231 e. The standard InChI is InChI=1S/C12H19NO16S2/c14-2-5-9(7(16)6(11(19)26-5)13-30(20,21)22)28-12-8(29-31(23,24)25)3(15)1-4(27-12)10(17)18/h1,3,5-9,11-16,19H,2H2,(H,17,18)(H,20,21,22)(H,23,24,25)/p-3/t3-,5+,6+,7+,8-,9+,11+,12+/m1/s1. The molecule has 1 saturated heterocycles. The third-order valence-corrected chi connectivity index (χ3v) is 5.06. The number of hydrogen-bond acceptors (Lipinski definition) is 16. The Bertz CT molecular complexity index is 902. The monoisotopic (exact) mass is 494 g/mol. The van der Waals surface area contributed by atoms with Crippen molar-refractivity contribution in [3.8, 4) is 0 Å². The summed E-state index contributed by atoms with van der Waals surface area (Å²) in [5.74, 6) is -3.10. The van der Waals surface area contributed by atoms with Crippen LogP contribution in [0, 0.1) is 0 Å². The van der Waals surface area contributed by atoms with E-state index in [-0.39, 0.29) is 0 Å². The summed E-state index contributed by atoms with van der Waals surface area (Å²) in [6, 6.07) is -2.07. The summed E-state index contributed by atoms with van der Waals surface area (Å²) in [5, 5.41) is 50.4. The van der Waals surface area contributed by atoms with Gasteiger partial charge in [-0.3, -0.25) is 4.18 Å². The van der Waals surface area contributed by atoms with Crippen molar-refractivity contribution < 1.29 is 74.7 Å². The van der Waals surface area contributed by atoms with Crippen LogP contribution in [0.3, 0.4) is 0 Å². The molecular formula is C12H16NO16S2-3. The molecule has 0 aromatic carbocycles. The number of rotatable bonds is 8. The fourth-order valence-electron chi connectivity index (χ4n) is 2.80. The van der Waals surface area contributed by atoms with Gasteiger partial charge >= 0.3 is 0 Å². The Hall–Kier alpha value is -1.49. The number of hydrogen-bond donors (Lipinski definition) is 5. The van der Waals surface area contributed by atoms with Gasteiger partial charge in [0.15, 0.2) is 22.7 Å². The molecule has 1 fully saturated rings. The van der Waals surface area contributed by atoms with Gasteiger partial charge in [-0.25, -0.2) is 21.6 Å². The lowest BCUT2D eigenvalue weighted by Gasteiger charge is -2.45. The highest BCUT2D eigenvalue weighted by atomic mass is 32.3. The van der Waals surface area contributed by atoms with Gasteiger partial charge in [0.2, 0.25) is 16.7 Å². The minimum atomic E-state index is -5.52. The van der Waals surface area contributed by atoms with Crippen molar-refractivity contribution >= 4 is 26.7 Å². The molecule has 2 aliphatic rings. The molecule has 0 saturated carbocycles. The van der Waals surface area contributed by atoms with E-state index in [1.54, 1.807) is 0 Å². The molecule has 8 atom stereocenters. The molecule has 0 bridgehead atoms. The van der Waals surface area contributed by atoms with Crippen LogP contribution >= 0.6 is 0 Å². The number of aliphatic hydroxyl groups is 4. The summed E-state index contributed by atoms with van der Waals surface area (Å²) in [4.78, 5) is 11.0. The van der Waals surface area contributed by atoms with Gasteiger partial charge in [-0.2, -0.15) is 0 Å². The SMILES string of the molecule is O=C([O-])C1=C[C@@H](O)[C@@H](OS(=O)(=O)[O-])[C@H](O[C@@H]2[C@@H](O)[C@H](NS(=O)(=O)[O-])[C@@H](O)O[C@H]2CO)O1. The normalized spacial score (nSPS) is 37.0. The van der Waals surface area contributed by atoms with Crippen LogP contribution in [0.4, 0.5) is 0 Å². The Labute approximate surface area is 174 Å². The van der Waals surface area contributed by atoms with Gasteiger partial charge in [0.05, 0.1) is 6.61 Å². The van der Waals surface area contributed by atoms with Gasteiger partial charge in [0, 0.05) is 0 Å². The van der Waals surface area contributed by atoms with E-state index in [4.69, 9.17) is 14.2 Å². The van der Waals surface area contributed by atoms with Crippen molar-refractivity contribution in [1.82, 2.24) is 4.72 Å². The number of nitrogens with one attached hydrogen (secondary N) is 1. The number of carbonyl (C=O) groups is 1. The van der Waals surface area contributed by atoms with E-state index < -0.39 is 88.2 Å². The zero-order valence-corrected chi connectivity index (χ0v) is 16.5. The van der Waals surface area contributed by atoms with Crippen molar-refractivity contribution in [3.63, 3.8) is 0 Å². The second kappa shape index (κ2) is 9.56. The molecular weight excluding hydrogens is 478 g/mol. The molecule has 0 unspecified atom stereocenters. The van der Waals surface area contributed by atoms with Crippen LogP contribution in [-0.2, 0) is 43.9 Å². The van der Waals surface area contributed by atoms with E-state index in [0.717, 1.165) is 0 Å². The quantitative estimate of drug-likeness (QED) is 0.155. The van der Waals surface area contributed by atoms with Gasteiger partial charge in [0.1, 0.15) is 42.2 Å². The first-order chi connectivity index (χ1) is 14.1. The maximum atomic E-state index is 11.0. The molecule has 0 radical (unpaired) electrons. The van der Waals surface area contributed by atoms with Crippen LogP contribution in [0.15, 0.2) is 11.8 Å². The first kappa shape index (κ1) is 25.8. The van der Waals surface area contributed by atoms with Gasteiger partial charge in [0.25, 0.3) is 0 Å². The molecule has 0 aliphatic carbocycles. The summed E-state index contributed by atoms with van der Waals surface area (Å²) in [6.07, 6.45) is -14.2. The summed E-state index contributed by atoms with van der Waals surface area (Å²) in [5.41, 5.74) is 0. The van der Waals surface area contributed by atoms with E-state index in [2.05, 4.69) is 4.18 Å². The number of ether oxygens (including phenoxy) is 3. The summed E-state index contributed by atoms with van der Waals surface area (Å²) >= 11 is 0. The number of aliphatic carboxylic acids is 1. The first-order valence-corrected chi connectivity index (χ1v) is 10.8. The number of carbonyl (C=O) groups excluding carboxylic acids is 1.